The molecule has 0 aliphatic heterocycles. The number of anilines is 2. The van der Waals surface area contributed by atoms with Crippen molar-refractivity contribution >= 4 is 31.5 Å². The Bertz CT molecular complexity index is 654. The summed E-state index contributed by atoms with van der Waals surface area (Å²) in [6, 6.07) is 14.2. The Morgan fingerprint density at radius 3 is 2.29 bits per heavy atom. The predicted molar refractivity (Wildman–Crippen MR) is 88.8 cm³/mol. The first-order chi connectivity index (χ1) is 10.1. The zero-order valence-electron chi connectivity index (χ0n) is 11.9. The molecule has 5 heteroatoms. The lowest BCUT2D eigenvalue weighted by Gasteiger charge is -2.11. The fourth-order valence-corrected chi connectivity index (χ4v) is 2.33. The quantitative estimate of drug-likeness (QED) is 0.836. The summed E-state index contributed by atoms with van der Waals surface area (Å²) in [6.45, 7) is 3.81. The van der Waals surface area contributed by atoms with Gasteiger partial charge in [0.05, 0.1) is 5.69 Å². The lowest BCUT2D eigenvalue weighted by Crippen LogP contribution is -2.20. The van der Waals surface area contributed by atoms with Crippen molar-refractivity contribution < 1.29 is 9.59 Å². The first kappa shape index (κ1) is 15.2. The molecule has 2 N–H and O–H groups in total. The Labute approximate surface area is 125 Å². The predicted octanol–water partition coefficient (Wildman–Crippen LogP) is 4.09. The van der Waals surface area contributed by atoms with Crippen molar-refractivity contribution in [2.45, 2.75) is 6.92 Å². The van der Waals surface area contributed by atoms with Crippen molar-refractivity contribution in [3.63, 3.8) is 0 Å². The first-order valence-electron chi connectivity index (χ1n) is 6.56. The van der Waals surface area contributed by atoms with E-state index in [-0.39, 0.29) is 20.1 Å². The molecule has 0 radical (unpaired) electrons. The van der Waals surface area contributed by atoms with Crippen LogP contribution >= 0.6 is 8.58 Å². The Morgan fingerprint density at radius 2 is 1.62 bits per heavy atom. The molecule has 0 bridgehead atoms. The minimum atomic E-state index is -0.362. The number of carbonyl (C=O) groups is 2. The molecular formula is C16H17N2O2P. The lowest BCUT2D eigenvalue weighted by molar-refractivity contribution is 0.108. The summed E-state index contributed by atoms with van der Waals surface area (Å²) in [6.07, 6.45) is 0. The number of nitrogens with one attached hydrogen (secondary N) is 2. The van der Waals surface area contributed by atoms with Crippen molar-refractivity contribution in [1.29, 1.82) is 0 Å². The monoisotopic (exact) mass is 300 g/mol. The molecule has 108 valence electrons. The van der Waals surface area contributed by atoms with Gasteiger partial charge in [-0.1, -0.05) is 29.8 Å². The van der Waals surface area contributed by atoms with Gasteiger partial charge in [-0.15, -0.1) is 0 Å². The highest BCUT2D eigenvalue weighted by atomic mass is 31.1. The zero-order chi connectivity index (χ0) is 15.2. The van der Waals surface area contributed by atoms with Gasteiger partial charge in [-0.2, -0.15) is 0 Å². The maximum Gasteiger partial charge on any atom is 0.323 e. The molecule has 0 aliphatic rings. The van der Waals surface area contributed by atoms with E-state index in [1.54, 1.807) is 24.3 Å². The summed E-state index contributed by atoms with van der Waals surface area (Å²) in [5.74, 6) is 0. The highest BCUT2D eigenvalue weighted by molar-refractivity contribution is 7.58. The van der Waals surface area contributed by atoms with Crippen LogP contribution in [0.4, 0.5) is 16.2 Å². The van der Waals surface area contributed by atoms with Crippen LogP contribution in [0.15, 0.2) is 48.5 Å². The maximum atomic E-state index is 12.0. The number of urea groups is 1. The summed E-state index contributed by atoms with van der Waals surface area (Å²) < 4.78 is 0. The van der Waals surface area contributed by atoms with Crippen molar-refractivity contribution in [3.05, 3.63) is 59.7 Å². The Hall–Kier alpha value is -2.19. The Kier molecular flexibility index (Phi) is 5.07. The van der Waals surface area contributed by atoms with Gasteiger partial charge in [-0.25, -0.2) is 4.79 Å². The molecule has 0 heterocycles. The van der Waals surface area contributed by atoms with Gasteiger partial charge in [0, 0.05) is 11.3 Å². The van der Waals surface area contributed by atoms with Gasteiger partial charge in [0.25, 0.3) is 0 Å². The summed E-state index contributed by atoms with van der Waals surface area (Å²) in [4.78, 5) is 23.9. The number of aryl methyl sites for hydroxylation is 1. The van der Waals surface area contributed by atoms with Crippen LogP contribution in [0.3, 0.4) is 0 Å². The van der Waals surface area contributed by atoms with Crippen LogP contribution in [0.25, 0.3) is 0 Å². The summed E-state index contributed by atoms with van der Waals surface area (Å²) >= 11 is 0. The van der Waals surface area contributed by atoms with Crippen molar-refractivity contribution in [1.82, 2.24) is 0 Å². The fourth-order valence-electron chi connectivity index (χ4n) is 1.85. The summed E-state index contributed by atoms with van der Waals surface area (Å²) in [5, 5.41) is 5.47. The summed E-state index contributed by atoms with van der Waals surface area (Å²) in [5.41, 5.74) is 2.93. The van der Waals surface area contributed by atoms with Crippen LogP contribution in [0, 0.1) is 6.92 Å². The number of benzene rings is 2. The standard InChI is InChI=1S/C16H17N2O2P/c1-11-7-9-12(10-8-11)17-16(20)18-14-6-4-3-5-13(14)15(19)21-2/h3-10,21H,1-2H3,(H2,17,18,20). The van der Waals surface area contributed by atoms with E-state index < -0.39 is 0 Å². The minimum absolute atomic E-state index is 0.0289. The van der Waals surface area contributed by atoms with Gasteiger partial charge in [0.1, 0.15) is 0 Å². The van der Waals surface area contributed by atoms with Crippen LogP contribution in [0.2, 0.25) is 0 Å². The number of hydrogen-bond donors (Lipinski definition) is 2. The van der Waals surface area contributed by atoms with Crippen molar-refractivity contribution in [3.8, 4) is 0 Å². The summed E-state index contributed by atoms with van der Waals surface area (Å²) in [7, 11) is 0.163. The van der Waals surface area contributed by atoms with Gasteiger partial charge in [0.15, 0.2) is 5.52 Å². The van der Waals surface area contributed by atoms with E-state index in [1.165, 1.54) is 0 Å². The molecule has 0 saturated heterocycles. The third-order valence-corrected chi connectivity index (χ3v) is 3.68. The normalized spacial score (nSPS) is 10.6. The van der Waals surface area contributed by atoms with Crippen LogP contribution in [0.5, 0.6) is 0 Å². The average Bonchev–Trinajstić information content (AvgIpc) is 2.49. The van der Waals surface area contributed by atoms with Crippen molar-refractivity contribution in [2.75, 3.05) is 17.3 Å². The van der Waals surface area contributed by atoms with Crippen LogP contribution in [-0.2, 0) is 0 Å². The van der Waals surface area contributed by atoms with E-state index in [0.717, 1.165) is 5.56 Å². The molecule has 21 heavy (non-hydrogen) atoms. The van der Waals surface area contributed by atoms with Gasteiger partial charge >= 0.3 is 6.03 Å². The molecule has 0 aromatic heterocycles. The maximum absolute atomic E-state index is 12.0. The van der Waals surface area contributed by atoms with Gasteiger partial charge in [-0.05, 0) is 46.4 Å². The molecule has 0 saturated carbocycles. The van der Waals surface area contributed by atoms with Gasteiger partial charge in [0.2, 0.25) is 0 Å². The highest BCUT2D eigenvalue weighted by Gasteiger charge is 2.11. The SMILES string of the molecule is CPC(=O)c1ccccc1NC(=O)Nc1ccc(C)cc1. The van der Waals surface area contributed by atoms with Crippen LogP contribution < -0.4 is 10.6 Å². The first-order valence-corrected chi connectivity index (χ1v) is 8.06. The molecule has 2 aromatic rings. The number of para-hydroxylation sites is 1. The smallest absolute Gasteiger partial charge is 0.308 e. The second-order valence-corrected chi connectivity index (χ2v) is 5.52. The Balaban J connectivity index is 2.09. The fraction of sp³-hybridized carbons (Fsp3) is 0.125. The molecule has 1 unspecified atom stereocenters. The van der Waals surface area contributed by atoms with Crippen LogP contribution in [0.1, 0.15) is 15.9 Å². The van der Waals surface area contributed by atoms with E-state index in [0.29, 0.717) is 16.9 Å². The van der Waals surface area contributed by atoms with E-state index in [9.17, 15) is 9.59 Å². The average molecular weight is 300 g/mol. The zero-order valence-corrected chi connectivity index (χ0v) is 12.9. The highest BCUT2D eigenvalue weighted by Crippen LogP contribution is 2.22. The van der Waals surface area contributed by atoms with Gasteiger partial charge in [-0.3, -0.25) is 4.79 Å². The molecule has 4 nitrogen and oxygen atoms in total. The number of carbonyl (C=O) groups excluding carboxylic acids is 2. The minimum Gasteiger partial charge on any atom is -0.308 e. The van der Waals surface area contributed by atoms with Gasteiger partial charge < -0.3 is 10.6 Å². The van der Waals surface area contributed by atoms with Crippen molar-refractivity contribution in [2.24, 2.45) is 0 Å². The third-order valence-electron chi connectivity index (χ3n) is 2.96. The molecule has 0 spiro atoms. The number of amides is 2. The molecule has 0 fully saturated rings. The molecule has 2 amide bonds. The van der Waals surface area contributed by atoms with E-state index in [4.69, 9.17) is 0 Å². The molecular weight excluding hydrogens is 283 g/mol. The second-order valence-electron chi connectivity index (χ2n) is 4.57. The number of hydrogen-bond acceptors (Lipinski definition) is 2. The molecule has 0 aliphatic carbocycles. The number of rotatable bonds is 4. The lowest BCUT2D eigenvalue weighted by atomic mass is 10.2. The van der Waals surface area contributed by atoms with Crippen LogP contribution in [-0.4, -0.2) is 18.2 Å². The second kappa shape index (κ2) is 7.00. The van der Waals surface area contributed by atoms with E-state index in [1.807, 2.05) is 37.9 Å². The molecule has 2 aromatic carbocycles. The van der Waals surface area contributed by atoms with E-state index in [2.05, 4.69) is 10.6 Å². The van der Waals surface area contributed by atoms with E-state index >= 15 is 0 Å². The largest absolute Gasteiger partial charge is 0.323 e. The Morgan fingerprint density at radius 1 is 0.952 bits per heavy atom. The molecule has 1 atom stereocenters. The topological polar surface area (TPSA) is 58.2 Å². The third kappa shape index (κ3) is 4.14. The molecule has 2 rings (SSSR count).